The lowest BCUT2D eigenvalue weighted by atomic mass is 9.79. The summed E-state index contributed by atoms with van der Waals surface area (Å²) in [7, 11) is 0. The first-order chi connectivity index (χ1) is 8.75. The second kappa shape index (κ2) is 4.87. The molecule has 1 nitrogen and oxygen atoms in total. The molecule has 0 radical (unpaired) electrons. The van der Waals surface area contributed by atoms with E-state index in [0.29, 0.717) is 5.92 Å². The van der Waals surface area contributed by atoms with E-state index in [9.17, 15) is 0 Å². The highest BCUT2D eigenvalue weighted by molar-refractivity contribution is 7.10. The zero-order chi connectivity index (χ0) is 12.5. The average molecular weight is 257 g/mol. The van der Waals surface area contributed by atoms with E-state index in [-0.39, 0.29) is 6.04 Å². The lowest BCUT2D eigenvalue weighted by Gasteiger charge is -2.29. The fourth-order valence-corrected chi connectivity index (χ4v) is 3.99. The van der Waals surface area contributed by atoms with Crippen LogP contribution < -0.4 is 5.73 Å². The van der Waals surface area contributed by atoms with Crippen LogP contribution in [0.3, 0.4) is 0 Å². The molecule has 1 aliphatic carbocycles. The lowest BCUT2D eigenvalue weighted by molar-refractivity contribution is 0.385. The van der Waals surface area contributed by atoms with Gasteiger partial charge in [-0.1, -0.05) is 24.3 Å². The van der Waals surface area contributed by atoms with Crippen LogP contribution in [0.5, 0.6) is 0 Å². The zero-order valence-electron chi connectivity index (χ0n) is 10.7. The molecular formula is C16H19NS. The van der Waals surface area contributed by atoms with E-state index >= 15 is 0 Å². The molecule has 0 saturated heterocycles. The summed E-state index contributed by atoms with van der Waals surface area (Å²) in [6, 6.07) is 11.2. The summed E-state index contributed by atoms with van der Waals surface area (Å²) in [5.41, 5.74) is 10.9. The van der Waals surface area contributed by atoms with Gasteiger partial charge < -0.3 is 5.73 Å². The summed E-state index contributed by atoms with van der Waals surface area (Å²) in [6.07, 6.45) is 3.53. The summed E-state index contributed by atoms with van der Waals surface area (Å²) >= 11 is 1.81. The normalized spacial score (nSPS) is 20.4. The van der Waals surface area contributed by atoms with Gasteiger partial charge in [0.2, 0.25) is 0 Å². The van der Waals surface area contributed by atoms with Crippen molar-refractivity contribution in [3.05, 3.63) is 57.3 Å². The molecule has 1 heterocycles. The van der Waals surface area contributed by atoms with Gasteiger partial charge in [0.15, 0.2) is 0 Å². The molecular weight excluding hydrogens is 238 g/mol. The minimum Gasteiger partial charge on any atom is -0.323 e. The Balaban J connectivity index is 1.82. The van der Waals surface area contributed by atoms with Crippen molar-refractivity contribution in [2.75, 3.05) is 0 Å². The first kappa shape index (κ1) is 11.9. The van der Waals surface area contributed by atoms with Gasteiger partial charge in [-0.3, -0.25) is 0 Å². The van der Waals surface area contributed by atoms with Gasteiger partial charge in [0.05, 0.1) is 0 Å². The van der Waals surface area contributed by atoms with E-state index in [0.717, 1.165) is 6.42 Å². The topological polar surface area (TPSA) is 26.0 Å². The molecule has 18 heavy (non-hydrogen) atoms. The molecule has 2 atom stereocenters. The van der Waals surface area contributed by atoms with Crippen LogP contribution in [0.15, 0.2) is 35.7 Å². The molecule has 0 fully saturated rings. The second-order valence-corrected chi connectivity index (χ2v) is 6.21. The molecule has 0 saturated carbocycles. The van der Waals surface area contributed by atoms with Gasteiger partial charge in [-0.25, -0.2) is 0 Å². The maximum absolute atomic E-state index is 6.48. The third-order valence-corrected chi connectivity index (χ3v) is 5.22. The van der Waals surface area contributed by atoms with Crippen molar-refractivity contribution >= 4 is 11.3 Å². The van der Waals surface area contributed by atoms with Crippen molar-refractivity contribution in [3.63, 3.8) is 0 Å². The summed E-state index contributed by atoms with van der Waals surface area (Å²) in [4.78, 5) is 1.37. The average Bonchev–Trinajstić information content (AvgIpc) is 2.83. The third kappa shape index (κ3) is 2.11. The number of hydrogen-bond acceptors (Lipinski definition) is 2. The summed E-state index contributed by atoms with van der Waals surface area (Å²) in [6.45, 7) is 2.17. The number of aryl methyl sites for hydroxylation is 2. The largest absolute Gasteiger partial charge is 0.323 e. The maximum Gasteiger partial charge on any atom is 0.0424 e. The number of nitrogens with two attached hydrogens (primary N) is 1. The molecule has 2 heteroatoms. The summed E-state index contributed by atoms with van der Waals surface area (Å²) in [5, 5.41) is 2.15. The van der Waals surface area contributed by atoms with Crippen LogP contribution in [0, 0.1) is 12.8 Å². The predicted octanol–water partition coefficient (Wildman–Crippen LogP) is 3.86. The molecule has 0 amide bonds. The van der Waals surface area contributed by atoms with Crippen LogP contribution in [-0.4, -0.2) is 0 Å². The van der Waals surface area contributed by atoms with Crippen molar-refractivity contribution in [3.8, 4) is 0 Å². The Hall–Kier alpha value is -1.12. The molecule has 3 rings (SSSR count). The van der Waals surface area contributed by atoms with Crippen LogP contribution in [0.2, 0.25) is 0 Å². The van der Waals surface area contributed by atoms with Crippen LogP contribution in [0.25, 0.3) is 0 Å². The van der Waals surface area contributed by atoms with E-state index in [2.05, 4.69) is 42.6 Å². The van der Waals surface area contributed by atoms with Gasteiger partial charge in [0, 0.05) is 10.9 Å². The van der Waals surface area contributed by atoms with Crippen LogP contribution in [0.4, 0.5) is 0 Å². The predicted molar refractivity (Wildman–Crippen MR) is 77.9 cm³/mol. The van der Waals surface area contributed by atoms with E-state index in [1.165, 1.54) is 34.4 Å². The van der Waals surface area contributed by atoms with E-state index in [1.807, 2.05) is 11.3 Å². The lowest BCUT2D eigenvalue weighted by Crippen LogP contribution is -2.26. The summed E-state index contributed by atoms with van der Waals surface area (Å²) < 4.78 is 0. The highest BCUT2D eigenvalue weighted by Gasteiger charge is 2.26. The Bertz CT molecular complexity index is 544. The molecule has 1 aromatic heterocycles. The van der Waals surface area contributed by atoms with Crippen LogP contribution in [-0.2, 0) is 12.8 Å². The van der Waals surface area contributed by atoms with Gasteiger partial charge in [-0.15, -0.1) is 11.3 Å². The fourth-order valence-electron chi connectivity index (χ4n) is 2.97. The smallest absolute Gasteiger partial charge is 0.0424 e. The Morgan fingerprint density at radius 3 is 2.72 bits per heavy atom. The fraction of sp³-hybridized carbons (Fsp3) is 0.375. The molecule has 1 aromatic carbocycles. The van der Waals surface area contributed by atoms with Gasteiger partial charge in [-0.05, 0) is 60.2 Å². The highest BCUT2D eigenvalue weighted by Crippen LogP contribution is 2.35. The Morgan fingerprint density at radius 1 is 1.22 bits per heavy atom. The van der Waals surface area contributed by atoms with Gasteiger partial charge in [-0.2, -0.15) is 0 Å². The monoisotopic (exact) mass is 257 g/mol. The molecule has 2 N–H and O–H groups in total. The van der Waals surface area contributed by atoms with Crippen molar-refractivity contribution in [1.82, 2.24) is 0 Å². The summed E-state index contributed by atoms with van der Waals surface area (Å²) in [5.74, 6) is 0.595. The minimum atomic E-state index is 0.207. The van der Waals surface area contributed by atoms with E-state index < -0.39 is 0 Å². The van der Waals surface area contributed by atoms with Gasteiger partial charge >= 0.3 is 0 Å². The standard InChI is InChI=1S/C16H19NS/c1-11-8-9-18-16(11)15(17)14-7-6-12-4-2-3-5-13(12)10-14/h2-5,8-9,14-15H,6-7,10,17H2,1H3. The first-order valence-electron chi connectivity index (χ1n) is 6.62. The number of hydrogen-bond donors (Lipinski definition) is 1. The molecule has 0 spiro atoms. The quantitative estimate of drug-likeness (QED) is 0.868. The molecule has 1 aliphatic rings. The van der Waals surface area contributed by atoms with Crippen LogP contribution >= 0.6 is 11.3 Å². The molecule has 0 aliphatic heterocycles. The number of fused-ring (bicyclic) bond motifs is 1. The number of thiophene rings is 1. The second-order valence-electron chi connectivity index (χ2n) is 5.27. The minimum absolute atomic E-state index is 0.207. The Kier molecular flexibility index (Phi) is 3.23. The van der Waals surface area contributed by atoms with E-state index in [4.69, 9.17) is 5.73 Å². The Morgan fingerprint density at radius 2 is 2.00 bits per heavy atom. The molecule has 2 aromatic rings. The zero-order valence-corrected chi connectivity index (χ0v) is 11.5. The highest BCUT2D eigenvalue weighted by atomic mass is 32.1. The molecule has 94 valence electrons. The molecule has 2 unspecified atom stereocenters. The van der Waals surface area contributed by atoms with Crippen molar-refractivity contribution in [2.24, 2.45) is 11.7 Å². The SMILES string of the molecule is Cc1ccsc1C(N)C1CCc2ccccc2C1. The number of benzene rings is 1. The van der Waals surface area contributed by atoms with Gasteiger partial charge in [0.1, 0.15) is 0 Å². The first-order valence-corrected chi connectivity index (χ1v) is 7.50. The van der Waals surface area contributed by atoms with Crippen LogP contribution in [0.1, 0.15) is 34.0 Å². The Labute approximate surface area is 113 Å². The number of rotatable bonds is 2. The van der Waals surface area contributed by atoms with Crippen molar-refractivity contribution in [2.45, 2.75) is 32.2 Å². The third-order valence-electron chi connectivity index (χ3n) is 4.10. The van der Waals surface area contributed by atoms with E-state index in [1.54, 1.807) is 0 Å². The van der Waals surface area contributed by atoms with Crippen molar-refractivity contribution < 1.29 is 0 Å². The van der Waals surface area contributed by atoms with Crippen molar-refractivity contribution in [1.29, 1.82) is 0 Å². The maximum atomic E-state index is 6.48. The molecule has 0 bridgehead atoms. The van der Waals surface area contributed by atoms with Gasteiger partial charge in [0.25, 0.3) is 0 Å².